The number of halogens is 1. The molecule has 9 heteroatoms. The number of carbonyl (C=O) groups is 2. The number of rotatable bonds is 5. The van der Waals surface area contributed by atoms with Gasteiger partial charge in [-0.3, -0.25) is 9.59 Å². The zero-order chi connectivity index (χ0) is 24.4. The monoisotopic (exact) mass is 477 g/mol. The van der Waals surface area contributed by atoms with Gasteiger partial charge in [-0.25, -0.2) is 9.07 Å². The van der Waals surface area contributed by atoms with Crippen LogP contribution in [0.2, 0.25) is 0 Å². The molecule has 0 unspecified atom stereocenters. The van der Waals surface area contributed by atoms with Crippen LogP contribution in [0.4, 0.5) is 4.39 Å². The predicted molar refractivity (Wildman–Crippen MR) is 126 cm³/mol. The molecular weight excluding hydrogens is 449 g/mol. The first-order chi connectivity index (χ1) is 17.0. The Morgan fingerprint density at radius 2 is 1.91 bits per heavy atom. The number of benzene rings is 2. The van der Waals surface area contributed by atoms with Crippen LogP contribution in [-0.2, 0) is 29.2 Å². The molecule has 8 nitrogen and oxygen atoms in total. The molecule has 182 valence electrons. The number of fused-ring (bicyclic) bond motifs is 1. The third-order valence-corrected chi connectivity index (χ3v) is 6.76. The zero-order valence-corrected chi connectivity index (χ0v) is 19.6. The van der Waals surface area contributed by atoms with Crippen molar-refractivity contribution in [3.8, 4) is 0 Å². The smallest absolute Gasteiger partial charge is 0.276 e. The van der Waals surface area contributed by atoms with Crippen molar-refractivity contribution in [2.24, 2.45) is 5.92 Å². The van der Waals surface area contributed by atoms with Crippen molar-refractivity contribution in [2.75, 3.05) is 13.1 Å². The first-order valence-electron chi connectivity index (χ1n) is 11.9. The van der Waals surface area contributed by atoms with Crippen LogP contribution < -0.4 is 5.32 Å². The summed E-state index contributed by atoms with van der Waals surface area (Å²) < 4.78 is 21.1. The summed E-state index contributed by atoms with van der Waals surface area (Å²) in [5, 5.41) is 11.3. The van der Waals surface area contributed by atoms with E-state index in [9.17, 15) is 14.0 Å². The molecule has 1 saturated heterocycles. The summed E-state index contributed by atoms with van der Waals surface area (Å²) in [6.07, 6.45) is 1.00. The van der Waals surface area contributed by atoms with Crippen molar-refractivity contribution in [2.45, 2.75) is 45.6 Å². The zero-order valence-electron chi connectivity index (χ0n) is 19.6. The highest BCUT2D eigenvalue weighted by Gasteiger charge is 2.33. The lowest BCUT2D eigenvalue weighted by Crippen LogP contribution is -2.43. The SMILES string of the molecule is Cc1ccc([C@H]2Cn3nnc(C(=O)N4CCC(C(=O)NCc5cccc(F)c5)CC4)c3CO2)cc1. The summed E-state index contributed by atoms with van der Waals surface area (Å²) in [6.45, 7) is 4.04. The second-order valence-corrected chi connectivity index (χ2v) is 9.19. The lowest BCUT2D eigenvalue weighted by Gasteiger charge is -2.31. The van der Waals surface area contributed by atoms with Gasteiger partial charge in [0, 0.05) is 25.6 Å². The molecule has 5 rings (SSSR count). The molecule has 2 aliphatic rings. The molecule has 0 bridgehead atoms. The Hall–Kier alpha value is -3.59. The van der Waals surface area contributed by atoms with Crippen molar-refractivity contribution in [3.05, 3.63) is 82.4 Å². The quantitative estimate of drug-likeness (QED) is 0.610. The van der Waals surface area contributed by atoms with E-state index >= 15 is 0 Å². The van der Waals surface area contributed by atoms with Gasteiger partial charge >= 0.3 is 0 Å². The van der Waals surface area contributed by atoms with Gasteiger partial charge in [0.1, 0.15) is 11.9 Å². The number of hydrogen-bond acceptors (Lipinski definition) is 5. The normalized spacial score (nSPS) is 18.2. The van der Waals surface area contributed by atoms with E-state index in [-0.39, 0.29) is 42.8 Å². The maximum absolute atomic E-state index is 13.3. The van der Waals surface area contributed by atoms with E-state index in [1.807, 2.05) is 19.1 Å². The number of aryl methyl sites for hydroxylation is 1. The summed E-state index contributed by atoms with van der Waals surface area (Å²) in [7, 11) is 0. The molecule has 35 heavy (non-hydrogen) atoms. The van der Waals surface area contributed by atoms with Gasteiger partial charge < -0.3 is 15.0 Å². The highest BCUT2D eigenvalue weighted by Crippen LogP contribution is 2.28. The molecule has 0 spiro atoms. The van der Waals surface area contributed by atoms with Gasteiger partial charge in [0.05, 0.1) is 18.8 Å². The molecule has 0 aliphatic carbocycles. The molecule has 1 atom stereocenters. The lowest BCUT2D eigenvalue weighted by molar-refractivity contribution is -0.126. The van der Waals surface area contributed by atoms with E-state index in [2.05, 4.69) is 27.8 Å². The van der Waals surface area contributed by atoms with Crippen molar-refractivity contribution < 1.29 is 18.7 Å². The van der Waals surface area contributed by atoms with Gasteiger partial charge in [0.15, 0.2) is 5.69 Å². The first-order valence-corrected chi connectivity index (χ1v) is 11.9. The van der Waals surface area contributed by atoms with Crippen LogP contribution >= 0.6 is 0 Å². The number of nitrogens with zero attached hydrogens (tertiary/aromatic N) is 4. The highest BCUT2D eigenvalue weighted by atomic mass is 19.1. The number of ether oxygens (including phenoxy) is 1. The fourth-order valence-corrected chi connectivity index (χ4v) is 4.64. The number of carbonyl (C=O) groups excluding carboxylic acids is 2. The summed E-state index contributed by atoms with van der Waals surface area (Å²) in [6, 6.07) is 14.4. The van der Waals surface area contributed by atoms with Crippen LogP contribution in [0.5, 0.6) is 0 Å². The minimum atomic E-state index is -0.324. The molecule has 1 N–H and O–H groups in total. The molecule has 2 aliphatic heterocycles. The molecule has 0 saturated carbocycles. The molecular formula is C26H28FN5O3. The Balaban J connectivity index is 1.15. The number of nitrogens with one attached hydrogen (secondary N) is 1. The van der Waals surface area contributed by atoms with E-state index in [4.69, 9.17) is 4.74 Å². The molecule has 2 amide bonds. The Morgan fingerprint density at radius 1 is 1.14 bits per heavy atom. The van der Waals surface area contributed by atoms with E-state index in [1.54, 1.807) is 21.7 Å². The van der Waals surface area contributed by atoms with Gasteiger partial charge in [-0.05, 0) is 43.0 Å². The molecule has 1 fully saturated rings. The van der Waals surface area contributed by atoms with Crippen LogP contribution in [0.25, 0.3) is 0 Å². The average Bonchev–Trinajstić information content (AvgIpc) is 3.31. The van der Waals surface area contributed by atoms with E-state index in [1.165, 1.54) is 17.7 Å². The van der Waals surface area contributed by atoms with Gasteiger partial charge in [0.2, 0.25) is 5.91 Å². The van der Waals surface area contributed by atoms with E-state index in [0.717, 1.165) is 11.1 Å². The largest absolute Gasteiger partial charge is 0.365 e. The minimum Gasteiger partial charge on any atom is -0.365 e. The van der Waals surface area contributed by atoms with Gasteiger partial charge in [-0.15, -0.1) is 5.10 Å². The fourth-order valence-electron chi connectivity index (χ4n) is 4.64. The second kappa shape index (κ2) is 9.95. The predicted octanol–water partition coefficient (Wildman–Crippen LogP) is 3.17. The maximum atomic E-state index is 13.3. The summed E-state index contributed by atoms with van der Waals surface area (Å²) in [5.41, 5.74) is 3.98. The van der Waals surface area contributed by atoms with Gasteiger partial charge in [0.25, 0.3) is 5.91 Å². The van der Waals surface area contributed by atoms with Crippen LogP contribution in [0, 0.1) is 18.7 Å². The van der Waals surface area contributed by atoms with Crippen LogP contribution in [0.1, 0.15) is 51.8 Å². The summed E-state index contributed by atoms with van der Waals surface area (Å²) in [5.74, 6) is -0.754. The Labute approximate surface area is 203 Å². The van der Waals surface area contributed by atoms with E-state index < -0.39 is 0 Å². The number of likely N-dealkylation sites (tertiary alicyclic amines) is 1. The fraction of sp³-hybridized carbons (Fsp3) is 0.385. The Kier molecular flexibility index (Phi) is 6.59. The molecule has 3 heterocycles. The van der Waals surface area contributed by atoms with Crippen molar-refractivity contribution in [1.82, 2.24) is 25.2 Å². The third kappa shape index (κ3) is 5.09. The first kappa shape index (κ1) is 23.2. The number of amides is 2. The molecule has 1 aromatic heterocycles. The van der Waals surface area contributed by atoms with Crippen molar-refractivity contribution in [3.63, 3.8) is 0 Å². The van der Waals surface area contributed by atoms with Crippen LogP contribution in [0.3, 0.4) is 0 Å². The lowest BCUT2D eigenvalue weighted by atomic mass is 9.95. The number of aromatic nitrogens is 3. The van der Waals surface area contributed by atoms with Gasteiger partial charge in [-0.2, -0.15) is 0 Å². The highest BCUT2D eigenvalue weighted by molar-refractivity contribution is 5.93. The summed E-state index contributed by atoms with van der Waals surface area (Å²) >= 11 is 0. The maximum Gasteiger partial charge on any atom is 0.276 e. The van der Waals surface area contributed by atoms with Crippen molar-refractivity contribution >= 4 is 11.8 Å². The molecule has 3 aromatic rings. The van der Waals surface area contributed by atoms with Crippen LogP contribution in [0.15, 0.2) is 48.5 Å². The van der Waals surface area contributed by atoms with E-state index in [0.29, 0.717) is 43.9 Å². The standard InChI is InChI=1S/C26H28FN5O3/c1-17-5-7-19(8-6-17)23-15-32-22(16-35-23)24(29-30-32)26(34)31-11-9-20(10-12-31)25(33)28-14-18-3-2-4-21(27)13-18/h2-8,13,20,23H,9-12,14-16H2,1H3,(H,28,33)/t23-/m1/s1. The Bertz CT molecular complexity index is 1220. The molecule has 2 aromatic carbocycles. The van der Waals surface area contributed by atoms with Crippen molar-refractivity contribution in [1.29, 1.82) is 0 Å². The minimum absolute atomic E-state index is 0.0713. The molecule has 0 radical (unpaired) electrons. The Morgan fingerprint density at radius 3 is 2.66 bits per heavy atom. The van der Waals surface area contributed by atoms with Gasteiger partial charge in [-0.1, -0.05) is 47.2 Å². The number of hydrogen-bond donors (Lipinski definition) is 1. The topological polar surface area (TPSA) is 89.4 Å². The van der Waals surface area contributed by atoms with Crippen LogP contribution in [-0.4, -0.2) is 44.8 Å². The average molecular weight is 478 g/mol. The summed E-state index contributed by atoms with van der Waals surface area (Å²) in [4.78, 5) is 27.5. The third-order valence-electron chi connectivity index (χ3n) is 6.76. The number of piperidine rings is 1. The second-order valence-electron chi connectivity index (χ2n) is 9.19.